The smallest absolute Gasteiger partial charge is 0.137 e. The van der Waals surface area contributed by atoms with Crippen LogP contribution in [0.15, 0.2) is 0 Å². The maximum Gasteiger partial charge on any atom is 0.137 e. The molecule has 0 spiro atoms. The monoisotopic (exact) mass is 170 g/mol. The third-order valence-corrected chi connectivity index (χ3v) is 4.71. The molecule has 1 saturated heterocycles. The zero-order chi connectivity index (χ0) is 8.06. The fourth-order valence-corrected chi connectivity index (χ4v) is 3.87. The highest BCUT2D eigenvalue weighted by atomic mass is 32.2. The van der Waals surface area contributed by atoms with Gasteiger partial charge in [-0.1, -0.05) is 13.8 Å². The first-order valence-corrected chi connectivity index (χ1v) is 5.30. The van der Waals surface area contributed by atoms with Gasteiger partial charge in [-0.2, -0.15) is 11.8 Å². The molecule has 2 fully saturated rings. The van der Waals surface area contributed by atoms with E-state index in [9.17, 15) is 4.79 Å². The lowest BCUT2D eigenvalue weighted by atomic mass is 9.62. The van der Waals surface area contributed by atoms with Crippen molar-refractivity contribution >= 4 is 17.5 Å². The lowest BCUT2D eigenvalue weighted by molar-refractivity contribution is -0.128. The zero-order valence-electron chi connectivity index (χ0n) is 7.09. The third kappa shape index (κ3) is 1.03. The highest BCUT2D eigenvalue weighted by Crippen LogP contribution is 2.54. The number of hydrogen-bond donors (Lipinski definition) is 0. The van der Waals surface area contributed by atoms with Crippen molar-refractivity contribution in [2.45, 2.75) is 31.9 Å². The molecule has 0 aromatic carbocycles. The van der Waals surface area contributed by atoms with Crippen LogP contribution >= 0.6 is 11.8 Å². The highest BCUT2D eigenvalue weighted by molar-refractivity contribution is 8.00. The van der Waals surface area contributed by atoms with Crippen molar-refractivity contribution in [3.63, 3.8) is 0 Å². The first kappa shape index (κ1) is 7.66. The number of hydrogen-bond acceptors (Lipinski definition) is 2. The molecule has 0 bridgehead atoms. The molecule has 1 nitrogen and oxygen atoms in total. The molecule has 2 atom stereocenters. The van der Waals surface area contributed by atoms with Crippen molar-refractivity contribution in [1.82, 2.24) is 0 Å². The average Bonchev–Trinajstić information content (AvgIpc) is 1.92. The van der Waals surface area contributed by atoms with Crippen molar-refractivity contribution < 1.29 is 4.79 Å². The molecule has 1 heterocycles. The lowest BCUT2D eigenvalue weighted by Crippen LogP contribution is -2.52. The van der Waals surface area contributed by atoms with Crippen LogP contribution in [0, 0.1) is 11.3 Å². The number of carbonyl (C=O) groups is 1. The van der Waals surface area contributed by atoms with Gasteiger partial charge in [-0.3, -0.25) is 4.79 Å². The molecule has 62 valence electrons. The van der Waals surface area contributed by atoms with E-state index in [1.165, 1.54) is 0 Å². The second-order valence-corrected chi connectivity index (χ2v) is 5.56. The predicted molar refractivity (Wildman–Crippen MR) is 47.8 cm³/mol. The van der Waals surface area contributed by atoms with E-state index >= 15 is 0 Å². The van der Waals surface area contributed by atoms with Crippen LogP contribution in [-0.2, 0) is 4.79 Å². The molecule has 1 aliphatic heterocycles. The molecule has 0 radical (unpaired) electrons. The summed E-state index contributed by atoms with van der Waals surface area (Å²) in [6.45, 7) is 4.56. The summed E-state index contributed by atoms with van der Waals surface area (Å²) in [4.78, 5) is 11.3. The molecule has 0 aromatic rings. The SMILES string of the molecule is CC1(C)CC2C(=O)CCSC21. The molecule has 11 heavy (non-hydrogen) atoms. The van der Waals surface area contributed by atoms with Crippen molar-refractivity contribution in [3.8, 4) is 0 Å². The van der Waals surface area contributed by atoms with Crippen LogP contribution < -0.4 is 0 Å². The molecular formula is C9H14OS. The number of Topliss-reactive ketones (excluding diaryl/α,β-unsaturated/α-hetero) is 1. The highest BCUT2D eigenvalue weighted by Gasteiger charge is 2.52. The van der Waals surface area contributed by atoms with Gasteiger partial charge in [-0.25, -0.2) is 0 Å². The Morgan fingerprint density at radius 3 is 2.82 bits per heavy atom. The Kier molecular flexibility index (Phi) is 1.57. The number of rotatable bonds is 0. The third-order valence-electron chi connectivity index (χ3n) is 2.94. The van der Waals surface area contributed by atoms with E-state index in [1.54, 1.807) is 0 Å². The van der Waals surface area contributed by atoms with Crippen LogP contribution in [-0.4, -0.2) is 16.8 Å². The number of fused-ring (bicyclic) bond motifs is 1. The van der Waals surface area contributed by atoms with Gasteiger partial charge in [0.2, 0.25) is 0 Å². The summed E-state index contributed by atoms with van der Waals surface area (Å²) in [7, 11) is 0. The van der Waals surface area contributed by atoms with E-state index in [0.29, 0.717) is 22.4 Å². The summed E-state index contributed by atoms with van der Waals surface area (Å²) >= 11 is 2.00. The Hall–Kier alpha value is 0.0200. The zero-order valence-corrected chi connectivity index (χ0v) is 7.91. The van der Waals surface area contributed by atoms with Crippen LogP contribution in [0.5, 0.6) is 0 Å². The van der Waals surface area contributed by atoms with E-state index in [2.05, 4.69) is 13.8 Å². The van der Waals surface area contributed by atoms with Crippen LogP contribution in [0.25, 0.3) is 0 Å². The van der Waals surface area contributed by atoms with Gasteiger partial charge in [-0.05, 0) is 11.8 Å². The van der Waals surface area contributed by atoms with Gasteiger partial charge < -0.3 is 0 Å². The van der Waals surface area contributed by atoms with Gasteiger partial charge in [0.15, 0.2) is 0 Å². The van der Waals surface area contributed by atoms with Crippen molar-refractivity contribution in [3.05, 3.63) is 0 Å². The molecule has 1 aliphatic carbocycles. The van der Waals surface area contributed by atoms with Crippen LogP contribution in [0.2, 0.25) is 0 Å². The molecule has 2 aliphatic rings. The van der Waals surface area contributed by atoms with E-state index < -0.39 is 0 Å². The van der Waals surface area contributed by atoms with Crippen molar-refractivity contribution in [2.24, 2.45) is 11.3 Å². The number of thioether (sulfide) groups is 1. The van der Waals surface area contributed by atoms with Gasteiger partial charge in [0, 0.05) is 23.3 Å². The summed E-state index contributed by atoms with van der Waals surface area (Å²) < 4.78 is 0. The summed E-state index contributed by atoms with van der Waals surface area (Å²) in [5.74, 6) is 2.00. The predicted octanol–water partition coefficient (Wildman–Crippen LogP) is 2.11. The van der Waals surface area contributed by atoms with E-state index in [0.717, 1.165) is 18.6 Å². The Labute approximate surface area is 71.9 Å². The standard InChI is InChI=1S/C9H14OS/c1-9(2)5-6-7(10)3-4-11-8(6)9/h6,8H,3-5H2,1-2H3. The van der Waals surface area contributed by atoms with Crippen LogP contribution in [0.4, 0.5) is 0 Å². The molecule has 2 heteroatoms. The first-order chi connectivity index (χ1) is 5.11. The molecule has 2 rings (SSSR count). The fourth-order valence-electron chi connectivity index (χ4n) is 2.27. The molecule has 0 aromatic heterocycles. The average molecular weight is 170 g/mol. The Balaban J connectivity index is 2.11. The van der Waals surface area contributed by atoms with Gasteiger partial charge >= 0.3 is 0 Å². The number of ketones is 1. The lowest BCUT2D eigenvalue weighted by Gasteiger charge is -2.52. The molecule has 0 amide bonds. The maximum absolute atomic E-state index is 11.3. The van der Waals surface area contributed by atoms with Gasteiger partial charge in [-0.15, -0.1) is 0 Å². The number of carbonyl (C=O) groups excluding carboxylic acids is 1. The quantitative estimate of drug-likeness (QED) is 0.554. The largest absolute Gasteiger partial charge is 0.299 e. The second-order valence-electron chi connectivity index (χ2n) is 4.31. The van der Waals surface area contributed by atoms with Gasteiger partial charge in [0.1, 0.15) is 5.78 Å². The van der Waals surface area contributed by atoms with E-state index in [1.807, 2.05) is 11.8 Å². The minimum absolute atomic E-state index is 0.420. The van der Waals surface area contributed by atoms with E-state index in [-0.39, 0.29) is 0 Å². The summed E-state index contributed by atoms with van der Waals surface area (Å²) in [5, 5.41) is 0.642. The van der Waals surface area contributed by atoms with Crippen LogP contribution in [0.3, 0.4) is 0 Å². The topological polar surface area (TPSA) is 17.1 Å². The molecule has 2 unspecified atom stereocenters. The minimum Gasteiger partial charge on any atom is -0.299 e. The summed E-state index contributed by atoms with van der Waals surface area (Å²) in [6, 6.07) is 0. The van der Waals surface area contributed by atoms with Crippen molar-refractivity contribution in [1.29, 1.82) is 0 Å². The Morgan fingerprint density at radius 1 is 1.55 bits per heavy atom. The Morgan fingerprint density at radius 2 is 2.27 bits per heavy atom. The second kappa shape index (κ2) is 2.25. The molecule has 0 N–H and O–H groups in total. The molecular weight excluding hydrogens is 156 g/mol. The maximum atomic E-state index is 11.3. The Bertz CT molecular complexity index is 198. The first-order valence-electron chi connectivity index (χ1n) is 4.25. The van der Waals surface area contributed by atoms with Crippen molar-refractivity contribution in [2.75, 3.05) is 5.75 Å². The minimum atomic E-state index is 0.420. The summed E-state index contributed by atoms with van der Waals surface area (Å²) in [6.07, 6.45) is 1.95. The summed E-state index contributed by atoms with van der Waals surface area (Å²) in [5.41, 5.74) is 0.436. The van der Waals surface area contributed by atoms with Gasteiger partial charge in [0.05, 0.1) is 0 Å². The normalized spacial score (nSPS) is 41.1. The van der Waals surface area contributed by atoms with Crippen LogP contribution in [0.1, 0.15) is 26.7 Å². The molecule has 1 saturated carbocycles. The van der Waals surface area contributed by atoms with Gasteiger partial charge in [0.25, 0.3) is 0 Å². The van der Waals surface area contributed by atoms with E-state index in [4.69, 9.17) is 0 Å². The fraction of sp³-hybridized carbons (Fsp3) is 0.889.